The molecule has 116 valence electrons. The molecule has 0 aliphatic carbocycles. The van der Waals surface area contributed by atoms with Gasteiger partial charge in [0.1, 0.15) is 5.78 Å². The number of rotatable bonds is 11. The van der Waals surface area contributed by atoms with Gasteiger partial charge in [0.2, 0.25) is 0 Å². The number of carbonyl (C=O) groups is 2. The fourth-order valence-electron chi connectivity index (χ4n) is 1.99. The maximum absolute atomic E-state index is 11.7. The van der Waals surface area contributed by atoms with Crippen LogP contribution in [0.1, 0.15) is 41.6 Å². The smallest absolute Gasteiger partial charge is 0.152 e. The zero-order valence-corrected chi connectivity index (χ0v) is 12.2. The number of nitrogen functional groups attached to an aromatic ring is 1. The van der Waals surface area contributed by atoms with Crippen molar-refractivity contribution < 1.29 is 19.4 Å². The zero-order valence-electron chi connectivity index (χ0n) is 12.2. The van der Waals surface area contributed by atoms with Gasteiger partial charge in [-0.05, 0) is 37.0 Å². The highest BCUT2D eigenvalue weighted by Crippen LogP contribution is 2.14. The fourth-order valence-corrected chi connectivity index (χ4v) is 1.99. The molecule has 0 aliphatic rings. The lowest BCUT2D eigenvalue weighted by Crippen LogP contribution is -2.04. The van der Waals surface area contributed by atoms with Crippen LogP contribution in [0, 0.1) is 0 Å². The molecule has 0 unspecified atom stereocenters. The standard InChI is InChI=1S/C16H23NO4/c17-16-11-13(4-6-14(16)12-19)5-7-15(20)3-1-2-9-21-10-8-18/h4,6,11-12,18H,1-3,5,7-10,17H2. The summed E-state index contributed by atoms with van der Waals surface area (Å²) < 4.78 is 5.13. The van der Waals surface area contributed by atoms with Gasteiger partial charge >= 0.3 is 0 Å². The molecule has 3 N–H and O–H groups in total. The number of ether oxygens (including phenoxy) is 1. The number of aryl methyl sites for hydroxylation is 1. The molecule has 0 saturated carbocycles. The molecule has 0 heterocycles. The number of hydrogen-bond acceptors (Lipinski definition) is 5. The summed E-state index contributed by atoms with van der Waals surface area (Å²) in [6.45, 7) is 0.967. The van der Waals surface area contributed by atoms with E-state index < -0.39 is 0 Å². The monoisotopic (exact) mass is 293 g/mol. The van der Waals surface area contributed by atoms with Crippen LogP contribution in [0.5, 0.6) is 0 Å². The van der Waals surface area contributed by atoms with Crippen LogP contribution in [-0.2, 0) is 16.0 Å². The molecule has 0 aromatic heterocycles. The van der Waals surface area contributed by atoms with Crippen LogP contribution in [-0.4, -0.2) is 37.0 Å². The van der Waals surface area contributed by atoms with E-state index >= 15 is 0 Å². The van der Waals surface area contributed by atoms with E-state index in [0.717, 1.165) is 24.7 Å². The number of aliphatic hydroxyl groups excluding tert-OH is 1. The van der Waals surface area contributed by atoms with Crippen LogP contribution >= 0.6 is 0 Å². The van der Waals surface area contributed by atoms with Gasteiger partial charge in [0.25, 0.3) is 0 Å². The lowest BCUT2D eigenvalue weighted by molar-refractivity contribution is -0.119. The first kappa shape index (κ1) is 17.3. The molecule has 0 saturated heterocycles. The van der Waals surface area contributed by atoms with Crippen LogP contribution in [0.15, 0.2) is 18.2 Å². The Hall–Kier alpha value is -1.72. The molecule has 0 atom stereocenters. The van der Waals surface area contributed by atoms with E-state index in [-0.39, 0.29) is 12.4 Å². The molecular formula is C16H23NO4. The SMILES string of the molecule is Nc1cc(CCC(=O)CCCCOCCO)ccc1C=O. The Kier molecular flexibility index (Phi) is 8.31. The van der Waals surface area contributed by atoms with E-state index in [1.54, 1.807) is 12.1 Å². The molecule has 0 spiro atoms. The predicted molar refractivity (Wildman–Crippen MR) is 81.3 cm³/mol. The van der Waals surface area contributed by atoms with E-state index in [2.05, 4.69) is 0 Å². The third-order valence-corrected chi connectivity index (χ3v) is 3.20. The summed E-state index contributed by atoms with van der Waals surface area (Å²) in [6.07, 6.45) is 4.03. The number of benzene rings is 1. The van der Waals surface area contributed by atoms with Crippen molar-refractivity contribution in [3.63, 3.8) is 0 Å². The number of unbranched alkanes of at least 4 members (excludes halogenated alkanes) is 1. The van der Waals surface area contributed by atoms with Crippen molar-refractivity contribution in [1.82, 2.24) is 0 Å². The molecular weight excluding hydrogens is 270 g/mol. The number of anilines is 1. The number of Topliss-reactive ketones (excluding diaryl/α,β-unsaturated/α-hetero) is 1. The highest BCUT2D eigenvalue weighted by Gasteiger charge is 2.05. The van der Waals surface area contributed by atoms with Crippen molar-refractivity contribution in [3.8, 4) is 0 Å². The molecule has 5 nitrogen and oxygen atoms in total. The minimum Gasteiger partial charge on any atom is -0.398 e. The zero-order chi connectivity index (χ0) is 15.5. The molecule has 1 rings (SSSR count). The quantitative estimate of drug-likeness (QED) is 0.368. The third-order valence-electron chi connectivity index (χ3n) is 3.20. The molecule has 5 heteroatoms. The van der Waals surface area contributed by atoms with E-state index in [1.807, 2.05) is 6.07 Å². The molecule has 21 heavy (non-hydrogen) atoms. The van der Waals surface area contributed by atoms with E-state index in [1.165, 1.54) is 0 Å². The second-order valence-electron chi connectivity index (χ2n) is 4.91. The van der Waals surface area contributed by atoms with Gasteiger partial charge in [-0.2, -0.15) is 0 Å². The summed E-state index contributed by atoms with van der Waals surface area (Å²) in [5.74, 6) is 0.218. The number of hydrogen-bond donors (Lipinski definition) is 2. The second-order valence-corrected chi connectivity index (χ2v) is 4.91. The minimum absolute atomic E-state index is 0.0327. The Balaban J connectivity index is 2.21. The summed E-state index contributed by atoms with van der Waals surface area (Å²) >= 11 is 0. The normalized spacial score (nSPS) is 10.5. The van der Waals surface area contributed by atoms with Gasteiger partial charge in [-0.25, -0.2) is 0 Å². The van der Waals surface area contributed by atoms with Gasteiger partial charge in [0.15, 0.2) is 6.29 Å². The minimum atomic E-state index is 0.0327. The van der Waals surface area contributed by atoms with Crippen LogP contribution < -0.4 is 5.73 Å². The van der Waals surface area contributed by atoms with Gasteiger partial charge in [-0.15, -0.1) is 0 Å². The molecule has 0 fully saturated rings. The maximum atomic E-state index is 11.7. The first-order chi connectivity index (χ1) is 10.2. The first-order valence-electron chi connectivity index (χ1n) is 7.21. The largest absolute Gasteiger partial charge is 0.398 e. The number of aldehydes is 1. The fraction of sp³-hybridized carbons (Fsp3) is 0.500. The maximum Gasteiger partial charge on any atom is 0.152 e. The van der Waals surface area contributed by atoms with Crippen LogP contribution in [0.3, 0.4) is 0 Å². The third kappa shape index (κ3) is 7.02. The summed E-state index contributed by atoms with van der Waals surface area (Å²) in [6, 6.07) is 5.26. The van der Waals surface area contributed by atoms with Crippen LogP contribution in [0.25, 0.3) is 0 Å². The molecule has 0 amide bonds. The molecule has 1 aromatic carbocycles. The molecule has 0 radical (unpaired) electrons. The van der Waals surface area contributed by atoms with E-state index in [9.17, 15) is 9.59 Å². The lowest BCUT2D eigenvalue weighted by atomic mass is 10.0. The Bertz CT molecular complexity index is 460. The average Bonchev–Trinajstić information content (AvgIpc) is 2.49. The van der Waals surface area contributed by atoms with E-state index in [0.29, 0.717) is 43.7 Å². The molecule has 0 aliphatic heterocycles. The Morgan fingerprint density at radius 3 is 2.71 bits per heavy atom. The van der Waals surface area contributed by atoms with Gasteiger partial charge in [-0.3, -0.25) is 9.59 Å². The lowest BCUT2D eigenvalue weighted by Gasteiger charge is -2.05. The molecule has 1 aromatic rings. The summed E-state index contributed by atoms with van der Waals surface area (Å²) in [4.78, 5) is 22.4. The first-order valence-corrected chi connectivity index (χ1v) is 7.21. The Labute approximate surface area is 125 Å². The molecule has 0 bridgehead atoms. The topological polar surface area (TPSA) is 89.6 Å². The predicted octanol–water partition coefficient (Wildman–Crippen LogP) is 1.76. The summed E-state index contributed by atoms with van der Waals surface area (Å²) in [5, 5.41) is 8.53. The van der Waals surface area contributed by atoms with Gasteiger partial charge in [-0.1, -0.05) is 6.07 Å². The van der Waals surface area contributed by atoms with Crippen LogP contribution in [0.4, 0.5) is 5.69 Å². The van der Waals surface area contributed by atoms with Crippen molar-refractivity contribution in [1.29, 1.82) is 0 Å². The highest BCUT2D eigenvalue weighted by molar-refractivity contribution is 5.83. The van der Waals surface area contributed by atoms with Gasteiger partial charge < -0.3 is 15.6 Å². The number of carbonyl (C=O) groups excluding carboxylic acids is 2. The van der Waals surface area contributed by atoms with Gasteiger partial charge in [0.05, 0.1) is 13.2 Å². The number of aliphatic hydroxyl groups is 1. The van der Waals surface area contributed by atoms with Crippen molar-refractivity contribution in [3.05, 3.63) is 29.3 Å². The van der Waals surface area contributed by atoms with Crippen molar-refractivity contribution in [2.45, 2.75) is 32.1 Å². The highest BCUT2D eigenvalue weighted by atomic mass is 16.5. The number of nitrogens with two attached hydrogens (primary N) is 1. The summed E-state index contributed by atoms with van der Waals surface area (Å²) in [5.41, 5.74) is 7.63. The van der Waals surface area contributed by atoms with Gasteiger partial charge in [0, 0.05) is 30.7 Å². The Morgan fingerprint density at radius 2 is 2.05 bits per heavy atom. The van der Waals surface area contributed by atoms with Crippen molar-refractivity contribution in [2.24, 2.45) is 0 Å². The number of ketones is 1. The van der Waals surface area contributed by atoms with Crippen LogP contribution in [0.2, 0.25) is 0 Å². The van der Waals surface area contributed by atoms with Crippen molar-refractivity contribution in [2.75, 3.05) is 25.6 Å². The second kappa shape index (κ2) is 10.1. The average molecular weight is 293 g/mol. The van der Waals surface area contributed by atoms with E-state index in [4.69, 9.17) is 15.6 Å². The Morgan fingerprint density at radius 1 is 1.24 bits per heavy atom. The summed E-state index contributed by atoms with van der Waals surface area (Å²) in [7, 11) is 0. The van der Waals surface area contributed by atoms with Crippen molar-refractivity contribution >= 4 is 17.8 Å².